The van der Waals surface area contributed by atoms with Gasteiger partial charge in [-0.05, 0) is 24.6 Å². The molecule has 2 N–H and O–H groups in total. The first-order valence-electron chi connectivity index (χ1n) is 5.83. The van der Waals surface area contributed by atoms with E-state index in [9.17, 15) is 9.00 Å². The Morgan fingerprint density at radius 3 is 3.00 bits per heavy atom. The van der Waals surface area contributed by atoms with Crippen molar-refractivity contribution in [3.8, 4) is 0 Å². The summed E-state index contributed by atoms with van der Waals surface area (Å²) in [6, 6.07) is 7.50. The lowest BCUT2D eigenvalue weighted by molar-refractivity contribution is 0.0955. The van der Waals surface area contributed by atoms with E-state index < -0.39 is 10.8 Å². The zero-order valence-corrected chi connectivity index (χ0v) is 11.0. The minimum atomic E-state index is -0.797. The molecule has 5 heteroatoms. The van der Waals surface area contributed by atoms with Crippen molar-refractivity contribution >= 4 is 27.6 Å². The van der Waals surface area contributed by atoms with E-state index >= 15 is 0 Å². The summed E-state index contributed by atoms with van der Waals surface area (Å²) >= 11 is 0. The third-order valence-electron chi connectivity index (χ3n) is 2.73. The largest absolute Gasteiger partial charge is 0.361 e. The van der Waals surface area contributed by atoms with E-state index in [2.05, 4.69) is 10.3 Å². The molecule has 1 heterocycles. The van der Waals surface area contributed by atoms with Crippen LogP contribution in [0.5, 0.6) is 0 Å². The maximum absolute atomic E-state index is 12.0. The summed E-state index contributed by atoms with van der Waals surface area (Å²) in [7, 11) is -0.797. The number of fused-ring (bicyclic) bond motifs is 1. The molecule has 2 aromatic rings. The fourth-order valence-electron chi connectivity index (χ4n) is 1.86. The SMILES string of the molecule is CS(=O)CCCNC(=O)c1cccc2[nH]ccc12. The van der Waals surface area contributed by atoms with Crippen LogP contribution in [0.1, 0.15) is 16.8 Å². The van der Waals surface area contributed by atoms with Gasteiger partial charge in [0.05, 0.1) is 0 Å². The maximum Gasteiger partial charge on any atom is 0.251 e. The molecule has 0 fully saturated rings. The monoisotopic (exact) mass is 264 g/mol. The molecule has 2 rings (SSSR count). The second-order valence-electron chi connectivity index (χ2n) is 4.13. The Bertz CT molecular complexity index is 577. The van der Waals surface area contributed by atoms with Gasteiger partial charge in [0.25, 0.3) is 5.91 Å². The molecule has 0 saturated carbocycles. The third kappa shape index (κ3) is 2.98. The maximum atomic E-state index is 12.0. The van der Waals surface area contributed by atoms with Crippen LogP contribution >= 0.6 is 0 Å². The summed E-state index contributed by atoms with van der Waals surface area (Å²) < 4.78 is 10.9. The summed E-state index contributed by atoms with van der Waals surface area (Å²) in [6.07, 6.45) is 4.22. The summed E-state index contributed by atoms with van der Waals surface area (Å²) in [5, 5.41) is 3.77. The number of rotatable bonds is 5. The molecule has 0 spiro atoms. The lowest BCUT2D eigenvalue weighted by Crippen LogP contribution is -2.25. The van der Waals surface area contributed by atoms with E-state index in [1.807, 2.05) is 30.5 Å². The standard InChI is InChI=1S/C13H16N2O2S/c1-18(17)9-3-7-15-13(16)11-4-2-5-12-10(11)6-8-14-12/h2,4-6,8,14H,3,7,9H2,1H3,(H,15,16). The van der Waals surface area contributed by atoms with Crippen LogP contribution < -0.4 is 5.32 Å². The predicted molar refractivity (Wildman–Crippen MR) is 74.2 cm³/mol. The topological polar surface area (TPSA) is 62.0 Å². The van der Waals surface area contributed by atoms with Gasteiger partial charge in [-0.25, -0.2) is 0 Å². The van der Waals surface area contributed by atoms with Gasteiger partial charge in [0, 0.05) is 52.0 Å². The summed E-state index contributed by atoms with van der Waals surface area (Å²) in [4.78, 5) is 15.1. The highest BCUT2D eigenvalue weighted by atomic mass is 32.2. The van der Waals surface area contributed by atoms with Gasteiger partial charge in [0.1, 0.15) is 0 Å². The van der Waals surface area contributed by atoms with E-state index in [0.717, 1.165) is 17.3 Å². The summed E-state index contributed by atoms with van der Waals surface area (Å²) in [5.41, 5.74) is 1.63. The quantitative estimate of drug-likeness (QED) is 0.807. The first-order chi connectivity index (χ1) is 8.68. The van der Waals surface area contributed by atoms with Crippen molar-refractivity contribution in [2.24, 2.45) is 0 Å². The minimum absolute atomic E-state index is 0.0814. The minimum Gasteiger partial charge on any atom is -0.361 e. The highest BCUT2D eigenvalue weighted by molar-refractivity contribution is 7.84. The Kier molecular flexibility index (Phi) is 4.15. The second kappa shape index (κ2) is 5.82. The number of carbonyl (C=O) groups is 1. The van der Waals surface area contributed by atoms with Crippen LogP contribution in [-0.4, -0.2) is 33.7 Å². The van der Waals surface area contributed by atoms with Crippen LogP contribution in [-0.2, 0) is 10.8 Å². The smallest absolute Gasteiger partial charge is 0.251 e. The molecule has 1 amide bonds. The molecular formula is C13H16N2O2S. The van der Waals surface area contributed by atoms with Gasteiger partial charge < -0.3 is 10.3 Å². The fraction of sp³-hybridized carbons (Fsp3) is 0.308. The van der Waals surface area contributed by atoms with E-state index in [0.29, 0.717) is 17.9 Å². The van der Waals surface area contributed by atoms with Crippen molar-refractivity contribution in [1.29, 1.82) is 0 Å². The van der Waals surface area contributed by atoms with E-state index in [-0.39, 0.29) is 5.91 Å². The zero-order chi connectivity index (χ0) is 13.0. The van der Waals surface area contributed by atoms with Crippen molar-refractivity contribution < 1.29 is 9.00 Å². The molecular weight excluding hydrogens is 248 g/mol. The predicted octanol–water partition coefficient (Wildman–Crippen LogP) is 1.67. The number of carbonyl (C=O) groups excluding carboxylic acids is 1. The highest BCUT2D eigenvalue weighted by Crippen LogP contribution is 2.16. The second-order valence-corrected chi connectivity index (χ2v) is 5.69. The number of H-pyrrole nitrogens is 1. The van der Waals surface area contributed by atoms with Gasteiger partial charge in [-0.1, -0.05) is 6.07 Å². The molecule has 1 atom stereocenters. The molecule has 1 aromatic heterocycles. The molecule has 1 unspecified atom stereocenters. The van der Waals surface area contributed by atoms with Gasteiger partial charge >= 0.3 is 0 Å². The van der Waals surface area contributed by atoms with Crippen LogP contribution in [0.3, 0.4) is 0 Å². The van der Waals surface area contributed by atoms with Crippen LogP contribution in [0.25, 0.3) is 10.9 Å². The van der Waals surface area contributed by atoms with Crippen LogP contribution in [0.15, 0.2) is 30.5 Å². The Labute approximate surface area is 108 Å². The third-order valence-corrected chi connectivity index (χ3v) is 3.60. The lowest BCUT2D eigenvalue weighted by Gasteiger charge is -2.05. The van der Waals surface area contributed by atoms with Gasteiger partial charge in [0.15, 0.2) is 0 Å². The van der Waals surface area contributed by atoms with Crippen molar-refractivity contribution in [2.75, 3.05) is 18.6 Å². The molecule has 1 aromatic carbocycles. The molecule has 4 nitrogen and oxygen atoms in total. The van der Waals surface area contributed by atoms with Crippen molar-refractivity contribution in [3.05, 3.63) is 36.0 Å². The molecule has 0 aliphatic rings. The van der Waals surface area contributed by atoms with Crippen molar-refractivity contribution in [1.82, 2.24) is 10.3 Å². The molecule has 0 radical (unpaired) electrons. The number of aromatic nitrogens is 1. The summed E-state index contributed by atoms with van der Waals surface area (Å²) in [6.45, 7) is 0.555. The van der Waals surface area contributed by atoms with Crippen LogP contribution in [0.4, 0.5) is 0 Å². The van der Waals surface area contributed by atoms with Crippen LogP contribution in [0, 0.1) is 0 Å². The Balaban J connectivity index is 2.00. The number of aromatic amines is 1. The highest BCUT2D eigenvalue weighted by Gasteiger charge is 2.09. The average Bonchev–Trinajstić information content (AvgIpc) is 2.82. The zero-order valence-electron chi connectivity index (χ0n) is 10.2. The Hall–Kier alpha value is -1.62. The summed E-state index contributed by atoms with van der Waals surface area (Å²) in [5.74, 6) is 0.538. The van der Waals surface area contributed by atoms with Crippen LogP contribution in [0.2, 0.25) is 0 Å². The first-order valence-corrected chi connectivity index (χ1v) is 7.55. The molecule has 0 bridgehead atoms. The Morgan fingerprint density at radius 1 is 1.39 bits per heavy atom. The van der Waals surface area contributed by atoms with E-state index in [4.69, 9.17) is 0 Å². The number of amides is 1. The van der Waals surface area contributed by atoms with E-state index in [1.54, 1.807) is 6.26 Å². The van der Waals surface area contributed by atoms with Gasteiger partial charge in [0.2, 0.25) is 0 Å². The molecule has 0 aliphatic carbocycles. The van der Waals surface area contributed by atoms with E-state index in [1.165, 1.54) is 0 Å². The van der Waals surface area contributed by atoms with Gasteiger partial charge in [-0.3, -0.25) is 9.00 Å². The molecule has 18 heavy (non-hydrogen) atoms. The fourth-order valence-corrected chi connectivity index (χ4v) is 2.41. The molecule has 0 aliphatic heterocycles. The number of hydrogen-bond acceptors (Lipinski definition) is 2. The van der Waals surface area contributed by atoms with Crippen molar-refractivity contribution in [3.63, 3.8) is 0 Å². The number of benzene rings is 1. The van der Waals surface area contributed by atoms with Crippen molar-refractivity contribution in [2.45, 2.75) is 6.42 Å². The average molecular weight is 264 g/mol. The first kappa shape index (κ1) is 12.8. The van der Waals surface area contributed by atoms with Gasteiger partial charge in [-0.15, -0.1) is 0 Å². The molecule has 96 valence electrons. The van der Waals surface area contributed by atoms with Gasteiger partial charge in [-0.2, -0.15) is 0 Å². The molecule has 0 saturated heterocycles. The lowest BCUT2D eigenvalue weighted by atomic mass is 10.1. The normalized spacial score (nSPS) is 12.5. The number of hydrogen-bond donors (Lipinski definition) is 2. The Morgan fingerprint density at radius 2 is 2.22 bits per heavy atom. The number of nitrogens with one attached hydrogen (secondary N) is 2.